The van der Waals surface area contributed by atoms with E-state index in [9.17, 15) is 0 Å². The summed E-state index contributed by atoms with van der Waals surface area (Å²) in [6.07, 6.45) is 7.58. The van der Waals surface area contributed by atoms with Crippen molar-refractivity contribution in [1.82, 2.24) is 10.2 Å². The molecule has 5 fully saturated rings. The molecular weight excluding hydrogens is 234 g/mol. The van der Waals surface area contributed by atoms with Crippen LogP contribution in [0.5, 0.6) is 0 Å². The second-order valence-corrected chi connectivity index (χ2v) is 7.72. The molecule has 4 aliphatic carbocycles. The van der Waals surface area contributed by atoms with E-state index < -0.39 is 0 Å². The fraction of sp³-hybridized carbons (Fsp3) is 1.00. The topological polar surface area (TPSA) is 41.3 Å². The van der Waals surface area contributed by atoms with Crippen molar-refractivity contribution in [2.45, 2.75) is 38.1 Å². The van der Waals surface area contributed by atoms with Gasteiger partial charge in [0.1, 0.15) is 0 Å². The Kier molecular flexibility index (Phi) is 3.33. The molecule has 0 aromatic rings. The largest absolute Gasteiger partial charge is 0.326 e. The molecule has 5 aliphatic rings. The van der Waals surface area contributed by atoms with Crippen LogP contribution in [0.1, 0.15) is 32.1 Å². The molecule has 3 N–H and O–H groups in total. The molecule has 1 unspecified atom stereocenters. The summed E-state index contributed by atoms with van der Waals surface area (Å²) in [5, 5.41) is 3.44. The van der Waals surface area contributed by atoms with Gasteiger partial charge in [0.05, 0.1) is 0 Å². The molecule has 1 aliphatic heterocycles. The van der Waals surface area contributed by atoms with Gasteiger partial charge in [-0.1, -0.05) is 0 Å². The van der Waals surface area contributed by atoms with Crippen molar-refractivity contribution in [3.8, 4) is 0 Å². The van der Waals surface area contributed by atoms with E-state index in [4.69, 9.17) is 5.73 Å². The maximum Gasteiger partial charge on any atom is 0.0201 e. The zero-order valence-corrected chi connectivity index (χ0v) is 12.1. The van der Waals surface area contributed by atoms with Gasteiger partial charge >= 0.3 is 0 Å². The van der Waals surface area contributed by atoms with Crippen LogP contribution < -0.4 is 11.1 Å². The maximum absolute atomic E-state index is 6.67. The van der Waals surface area contributed by atoms with E-state index in [2.05, 4.69) is 10.2 Å². The zero-order valence-electron chi connectivity index (χ0n) is 12.1. The van der Waals surface area contributed by atoms with Crippen molar-refractivity contribution in [2.75, 3.05) is 32.7 Å². The summed E-state index contributed by atoms with van der Waals surface area (Å²) in [7, 11) is 0. The van der Waals surface area contributed by atoms with Crippen LogP contribution in [0.15, 0.2) is 0 Å². The van der Waals surface area contributed by atoms with E-state index in [0.717, 1.165) is 49.2 Å². The van der Waals surface area contributed by atoms with Gasteiger partial charge in [0.15, 0.2) is 0 Å². The quantitative estimate of drug-likeness (QED) is 0.806. The van der Waals surface area contributed by atoms with Gasteiger partial charge in [-0.3, -0.25) is 4.90 Å². The van der Waals surface area contributed by atoms with Crippen LogP contribution in [0.3, 0.4) is 0 Å². The van der Waals surface area contributed by atoms with Crippen molar-refractivity contribution < 1.29 is 0 Å². The summed E-state index contributed by atoms with van der Waals surface area (Å²) in [4.78, 5) is 2.59. The molecule has 5 rings (SSSR count). The summed E-state index contributed by atoms with van der Waals surface area (Å²) in [5.74, 6) is 4.96. The Hall–Kier alpha value is -0.120. The Morgan fingerprint density at radius 2 is 1.53 bits per heavy atom. The zero-order chi connectivity index (χ0) is 12.8. The van der Waals surface area contributed by atoms with E-state index in [0.29, 0.717) is 6.04 Å². The molecule has 4 bridgehead atoms. The minimum Gasteiger partial charge on any atom is -0.326 e. The average molecular weight is 263 g/mol. The maximum atomic E-state index is 6.67. The lowest BCUT2D eigenvalue weighted by Crippen LogP contribution is -2.56. The van der Waals surface area contributed by atoms with Crippen molar-refractivity contribution in [3.05, 3.63) is 0 Å². The van der Waals surface area contributed by atoms with Gasteiger partial charge in [0, 0.05) is 38.8 Å². The molecule has 1 heterocycles. The van der Waals surface area contributed by atoms with Crippen molar-refractivity contribution in [3.63, 3.8) is 0 Å². The molecule has 0 aromatic carbocycles. The normalized spacial score (nSPS) is 47.5. The van der Waals surface area contributed by atoms with Gasteiger partial charge < -0.3 is 11.1 Å². The number of nitrogens with zero attached hydrogens (tertiary/aromatic N) is 1. The summed E-state index contributed by atoms with van der Waals surface area (Å²) in [6.45, 7) is 5.83. The van der Waals surface area contributed by atoms with Gasteiger partial charge in [0.2, 0.25) is 0 Å². The lowest BCUT2D eigenvalue weighted by molar-refractivity contribution is -0.0506. The lowest BCUT2D eigenvalue weighted by Gasteiger charge is -2.56. The number of hydrogen-bond acceptors (Lipinski definition) is 3. The summed E-state index contributed by atoms with van der Waals surface area (Å²) >= 11 is 0. The summed E-state index contributed by atoms with van der Waals surface area (Å²) in [5.41, 5.74) is 6.67. The first-order chi connectivity index (χ1) is 9.29. The first kappa shape index (κ1) is 12.6. The predicted octanol–water partition coefficient (Wildman–Crippen LogP) is 1.29. The Morgan fingerprint density at radius 1 is 0.947 bits per heavy atom. The van der Waals surface area contributed by atoms with Gasteiger partial charge in [-0.15, -0.1) is 0 Å². The third kappa shape index (κ3) is 2.34. The van der Waals surface area contributed by atoms with Crippen LogP contribution in [0.2, 0.25) is 0 Å². The summed E-state index contributed by atoms with van der Waals surface area (Å²) < 4.78 is 0. The van der Waals surface area contributed by atoms with E-state index >= 15 is 0 Å². The molecule has 0 aromatic heterocycles. The monoisotopic (exact) mass is 263 g/mol. The minimum atomic E-state index is 0.438. The van der Waals surface area contributed by atoms with E-state index in [-0.39, 0.29) is 0 Å². The third-order valence-electron chi connectivity index (χ3n) is 6.47. The minimum absolute atomic E-state index is 0.438. The molecule has 0 spiro atoms. The number of hydrogen-bond donors (Lipinski definition) is 2. The number of rotatable bonds is 3. The van der Waals surface area contributed by atoms with E-state index in [1.807, 2.05) is 0 Å². The highest BCUT2D eigenvalue weighted by atomic mass is 15.2. The molecule has 4 saturated carbocycles. The molecule has 0 radical (unpaired) electrons. The average Bonchev–Trinajstić information content (AvgIpc) is 2.38. The van der Waals surface area contributed by atoms with Crippen LogP contribution in [-0.2, 0) is 0 Å². The molecule has 1 atom stereocenters. The standard InChI is InChI=1S/C16H29N3/c17-15(10-19-3-1-18-2-4-19)16-13-6-11-5-12(8-13)9-14(16)7-11/h11-16,18H,1-10,17H2. The fourth-order valence-electron chi connectivity index (χ4n) is 5.98. The van der Waals surface area contributed by atoms with Crippen molar-refractivity contribution in [2.24, 2.45) is 35.3 Å². The first-order valence-corrected chi connectivity index (χ1v) is 8.48. The Labute approximate surface area is 117 Å². The van der Waals surface area contributed by atoms with Crippen molar-refractivity contribution >= 4 is 0 Å². The van der Waals surface area contributed by atoms with Crippen molar-refractivity contribution in [1.29, 1.82) is 0 Å². The molecule has 3 nitrogen and oxygen atoms in total. The second kappa shape index (κ2) is 5.01. The number of piperazine rings is 1. The number of nitrogens with one attached hydrogen (secondary N) is 1. The molecule has 19 heavy (non-hydrogen) atoms. The second-order valence-electron chi connectivity index (χ2n) is 7.72. The molecule has 108 valence electrons. The predicted molar refractivity (Wildman–Crippen MR) is 77.8 cm³/mol. The van der Waals surface area contributed by atoms with Crippen LogP contribution >= 0.6 is 0 Å². The van der Waals surface area contributed by atoms with Gasteiger partial charge in [-0.2, -0.15) is 0 Å². The van der Waals surface area contributed by atoms with Crippen LogP contribution in [0, 0.1) is 29.6 Å². The Balaban J connectivity index is 1.40. The fourth-order valence-corrected chi connectivity index (χ4v) is 5.98. The van der Waals surface area contributed by atoms with Gasteiger partial charge in [-0.25, -0.2) is 0 Å². The van der Waals surface area contributed by atoms with Crippen LogP contribution in [-0.4, -0.2) is 43.7 Å². The van der Waals surface area contributed by atoms with Gasteiger partial charge in [0.25, 0.3) is 0 Å². The third-order valence-corrected chi connectivity index (χ3v) is 6.47. The number of nitrogens with two attached hydrogens (primary N) is 1. The van der Waals surface area contributed by atoms with Crippen LogP contribution in [0.25, 0.3) is 0 Å². The molecule has 1 saturated heterocycles. The smallest absolute Gasteiger partial charge is 0.0201 e. The lowest BCUT2D eigenvalue weighted by atomic mass is 9.50. The van der Waals surface area contributed by atoms with Gasteiger partial charge in [-0.05, 0) is 61.7 Å². The van der Waals surface area contributed by atoms with E-state index in [1.165, 1.54) is 38.8 Å². The van der Waals surface area contributed by atoms with Crippen LogP contribution in [0.4, 0.5) is 0 Å². The highest BCUT2D eigenvalue weighted by molar-refractivity contribution is 5.01. The molecule has 3 heteroatoms. The molecular formula is C16H29N3. The van der Waals surface area contributed by atoms with E-state index in [1.54, 1.807) is 6.42 Å². The highest BCUT2D eigenvalue weighted by Crippen LogP contribution is 2.57. The Morgan fingerprint density at radius 3 is 2.11 bits per heavy atom. The Bertz CT molecular complexity index is 296. The molecule has 0 amide bonds. The highest BCUT2D eigenvalue weighted by Gasteiger charge is 2.49. The SMILES string of the molecule is NC(CN1CCNCC1)C1C2CC3CC(C2)CC1C3. The summed E-state index contributed by atoms with van der Waals surface area (Å²) in [6, 6.07) is 0.438. The first-order valence-electron chi connectivity index (χ1n) is 8.48.